The molecule has 0 aliphatic carbocycles. The van der Waals surface area contributed by atoms with Gasteiger partial charge in [0, 0.05) is 17.1 Å². The van der Waals surface area contributed by atoms with Crippen LogP contribution in [0.3, 0.4) is 0 Å². The summed E-state index contributed by atoms with van der Waals surface area (Å²) in [5, 5.41) is 0.628. The Morgan fingerprint density at radius 3 is 2.64 bits per heavy atom. The van der Waals surface area contributed by atoms with Crippen LogP contribution >= 0.6 is 51.5 Å². The van der Waals surface area contributed by atoms with Gasteiger partial charge >= 0.3 is 0 Å². The molecule has 1 aliphatic rings. The molecule has 2 aromatic rings. The number of ether oxygens (including phenoxy) is 2. The minimum Gasteiger partial charge on any atom is -0.496 e. The summed E-state index contributed by atoms with van der Waals surface area (Å²) < 4.78 is 12.7. The van der Waals surface area contributed by atoms with Crippen molar-refractivity contribution >= 4 is 67.8 Å². The third kappa shape index (κ3) is 4.71. The van der Waals surface area contributed by atoms with Crippen LogP contribution in [-0.2, 0) is 11.4 Å². The lowest BCUT2D eigenvalue weighted by molar-refractivity contribution is -0.121. The topological polar surface area (TPSA) is 38.8 Å². The summed E-state index contributed by atoms with van der Waals surface area (Å²) in [4.78, 5) is 14.6. The molecule has 8 heteroatoms. The van der Waals surface area contributed by atoms with Gasteiger partial charge in [-0.3, -0.25) is 9.69 Å². The number of carbonyl (C=O) groups is 1. The van der Waals surface area contributed by atoms with Gasteiger partial charge in [-0.1, -0.05) is 41.6 Å². The molecule has 146 valence electrons. The van der Waals surface area contributed by atoms with Gasteiger partial charge in [0.25, 0.3) is 5.91 Å². The number of carbonyl (C=O) groups excluding carboxylic acids is 1. The van der Waals surface area contributed by atoms with Crippen molar-refractivity contribution in [2.45, 2.75) is 13.5 Å². The number of hydrogen-bond donors (Lipinski definition) is 0. The zero-order chi connectivity index (χ0) is 20.3. The van der Waals surface area contributed by atoms with E-state index < -0.39 is 0 Å². The van der Waals surface area contributed by atoms with Crippen LogP contribution in [0.25, 0.3) is 6.08 Å². The summed E-state index contributed by atoms with van der Waals surface area (Å²) in [6.07, 6.45) is 1.84. The van der Waals surface area contributed by atoms with Crippen LogP contribution in [0.5, 0.6) is 11.5 Å². The van der Waals surface area contributed by atoms with Gasteiger partial charge in [0.05, 0.1) is 16.5 Å². The van der Waals surface area contributed by atoms with Crippen LogP contribution in [0.15, 0.2) is 45.8 Å². The van der Waals surface area contributed by atoms with Crippen LogP contribution in [0, 0.1) is 0 Å². The molecular formula is C20H17BrClNO3S2. The van der Waals surface area contributed by atoms with E-state index >= 15 is 0 Å². The van der Waals surface area contributed by atoms with E-state index in [1.165, 1.54) is 11.8 Å². The Balaban J connectivity index is 1.83. The Bertz CT molecular complexity index is 964. The smallest absolute Gasteiger partial charge is 0.266 e. The summed E-state index contributed by atoms with van der Waals surface area (Å²) >= 11 is 16.0. The molecule has 0 atom stereocenters. The zero-order valence-electron chi connectivity index (χ0n) is 15.2. The lowest BCUT2D eigenvalue weighted by atomic mass is 10.1. The van der Waals surface area contributed by atoms with Gasteiger partial charge < -0.3 is 9.47 Å². The average molecular weight is 499 g/mol. The number of thiocarbonyl (C=S) groups is 1. The molecule has 0 bridgehead atoms. The van der Waals surface area contributed by atoms with E-state index in [-0.39, 0.29) is 5.91 Å². The van der Waals surface area contributed by atoms with Crippen LogP contribution in [0.2, 0.25) is 5.02 Å². The Morgan fingerprint density at radius 1 is 1.25 bits per heavy atom. The third-order valence-corrected chi connectivity index (χ3v) is 6.30. The fourth-order valence-corrected chi connectivity index (χ4v) is 4.85. The Hall–Kier alpha value is -1.54. The van der Waals surface area contributed by atoms with E-state index in [0.717, 1.165) is 15.6 Å². The number of benzene rings is 2. The summed E-state index contributed by atoms with van der Waals surface area (Å²) in [5.41, 5.74) is 1.75. The van der Waals surface area contributed by atoms with E-state index in [1.54, 1.807) is 30.2 Å². The molecule has 0 aromatic heterocycles. The highest BCUT2D eigenvalue weighted by Gasteiger charge is 2.30. The quantitative estimate of drug-likeness (QED) is 0.366. The van der Waals surface area contributed by atoms with Gasteiger partial charge in [0.15, 0.2) is 0 Å². The molecule has 1 heterocycles. The molecule has 1 fully saturated rings. The standard InChI is InChI=1S/C20H17BrClNO3S2/c1-3-23-19(24)18(28-20(23)27)9-12-4-6-16(25-2)13(8-12)11-26-17-7-5-14(22)10-15(17)21/h4-10H,3,11H2,1-2H3. The van der Waals surface area contributed by atoms with Crippen molar-refractivity contribution < 1.29 is 14.3 Å². The molecule has 1 saturated heterocycles. The number of likely N-dealkylation sites (N-methyl/N-ethyl adjacent to an activating group) is 1. The van der Waals surface area contributed by atoms with E-state index in [1.807, 2.05) is 31.2 Å². The third-order valence-electron chi connectivity index (χ3n) is 4.07. The molecule has 2 aromatic carbocycles. The van der Waals surface area contributed by atoms with Crippen molar-refractivity contribution in [2.24, 2.45) is 0 Å². The highest BCUT2D eigenvalue weighted by molar-refractivity contribution is 9.10. The molecule has 0 N–H and O–H groups in total. The minimum atomic E-state index is -0.0591. The molecule has 1 aliphatic heterocycles. The first kappa shape index (κ1) is 21.2. The second-order valence-corrected chi connectivity index (χ2v) is 8.83. The fourth-order valence-electron chi connectivity index (χ4n) is 2.67. The molecule has 0 spiro atoms. The first-order valence-electron chi connectivity index (χ1n) is 8.43. The molecule has 28 heavy (non-hydrogen) atoms. The summed E-state index contributed by atoms with van der Waals surface area (Å²) in [6.45, 7) is 2.78. The second-order valence-electron chi connectivity index (χ2n) is 5.86. The molecule has 0 radical (unpaired) electrons. The van der Waals surface area contributed by atoms with Crippen molar-refractivity contribution in [3.63, 3.8) is 0 Å². The van der Waals surface area contributed by atoms with Crippen LogP contribution < -0.4 is 9.47 Å². The number of nitrogens with zero attached hydrogens (tertiary/aromatic N) is 1. The predicted molar refractivity (Wildman–Crippen MR) is 122 cm³/mol. The van der Waals surface area contributed by atoms with E-state index in [9.17, 15) is 4.79 Å². The Morgan fingerprint density at radius 2 is 2.00 bits per heavy atom. The van der Waals surface area contributed by atoms with Gasteiger partial charge in [0.2, 0.25) is 0 Å². The maximum absolute atomic E-state index is 12.4. The molecule has 1 amide bonds. The summed E-state index contributed by atoms with van der Waals surface area (Å²) in [6, 6.07) is 11.1. The SMILES string of the molecule is CCN1C(=O)C(=Cc2ccc(OC)c(COc3ccc(Cl)cc3Br)c2)SC1=S. The van der Waals surface area contributed by atoms with Gasteiger partial charge in [-0.2, -0.15) is 0 Å². The summed E-state index contributed by atoms with van der Waals surface area (Å²) in [5.74, 6) is 1.33. The first-order valence-corrected chi connectivity index (χ1v) is 10.8. The van der Waals surface area contributed by atoms with Crippen molar-refractivity contribution in [2.75, 3.05) is 13.7 Å². The van der Waals surface area contributed by atoms with Crippen LogP contribution in [0.4, 0.5) is 0 Å². The number of methoxy groups -OCH3 is 1. The number of amides is 1. The van der Waals surface area contributed by atoms with E-state index in [2.05, 4.69) is 15.9 Å². The normalized spacial score (nSPS) is 15.4. The van der Waals surface area contributed by atoms with Gasteiger partial charge in [-0.25, -0.2) is 0 Å². The highest BCUT2D eigenvalue weighted by Crippen LogP contribution is 2.34. The molecule has 4 nitrogen and oxygen atoms in total. The first-order chi connectivity index (χ1) is 13.4. The Labute approximate surface area is 187 Å². The molecule has 3 rings (SSSR count). The van der Waals surface area contributed by atoms with Crippen molar-refractivity contribution in [3.8, 4) is 11.5 Å². The number of rotatable bonds is 6. The van der Waals surface area contributed by atoms with E-state index in [0.29, 0.717) is 38.9 Å². The van der Waals surface area contributed by atoms with E-state index in [4.69, 9.17) is 33.3 Å². The maximum atomic E-state index is 12.4. The van der Waals surface area contributed by atoms with Gasteiger partial charge in [-0.15, -0.1) is 0 Å². The lowest BCUT2D eigenvalue weighted by Crippen LogP contribution is -2.27. The molecule has 0 unspecified atom stereocenters. The highest BCUT2D eigenvalue weighted by atomic mass is 79.9. The summed E-state index contributed by atoms with van der Waals surface area (Å²) in [7, 11) is 1.61. The number of thioether (sulfide) groups is 1. The fraction of sp³-hybridized carbons (Fsp3) is 0.200. The van der Waals surface area contributed by atoms with Crippen LogP contribution in [0.1, 0.15) is 18.1 Å². The van der Waals surface area contributed by atoms with Gasteiger partial charge in [0.1, 0.15) is 22.4 Å². The van der Waals surface area contributed by atoms with Crippen molar-refractivity contribution in [3.05, 3.63) is 61.9 Å². The van der Waals surface area contributed by atoms with Crippen molar-refractivity contribution in [1.82, 2.24) is 4.90 Å². The zero-order valence-corrected chi connectivity index (χ0v) is 19.2. The molecule has 0 saturated carbocycles. The minimum absolute atomic E-state index is 0.0591. The Kier molecular flexibility index (Phi) is 7.04. The maximum Gasteiger partial charge on any atom is 0.266 e. The lowest BCUT2D eigenvalue weighted by Gasteiger charge is -2.12. The predicted octanol–water partition coefficient (Wildman–Crippen LogP) is 5.91. The largest absolute Gasteiger partial charge is 0.496 e. The van der Waals surface area contributed by atoms with Gasteiger partial charge in [-0.05, 0) is 64.8 Å². The number of hydrogen-bond acceptors (Lipinski definition) is 5. The van der Waals surface area contributed by atoms with Crippen molar-refractivity contribution in [1.29, 1.82) is 0 Å². The monoisotopic (exact) mass is 497 g/mol. The van der Waals surface area contributed by atoms with Crippen LogP contribution in [-0.4, -0.2) is 28.8 Å². The second kappa shape index (κ2) is 9.31. The number of halogens is 2. The molecular weight excluding hydrogens is 482 g/mol. The average Bonchev–Trinajstić information content (AvgIpc) is 2.93.